The second-order valence-electron chi connectivity index (χ2n) is 7.70. The van der Waals surface area contributed by atoms with Crippen LogP contribution in [0.15, 0.2) is 66.7 Å². The second-order valence-corrected chi connectivity index (χ2v) is 7.70. The number of rotatable bonds is 10. The SMILES string of the molecule is CNCCc1cc(-c2cccc(COc3ccc(CCC(=O)OC)cc3)c2)ccc1C. The van der Waals surface area contributed by atoms with Gasteiger partial charge >= 0.3 is 5.97 Å². The molecule has 0 fully saturated rings. The predicted molar refractivity (Wildman–Crippen MR) is 125 cm³/mol. The highest BCUT2D eigenvalue weighted by molar-refractivity contribution is 5.69. The van der Waals surface area contributed by atoms with Gasteiger partial charge in [-0.2, -0.15) is 0 Å². The van der Waals surface area contributed by atoms with Gasteiger partial charge in [0.15, 0.2) is 0 Å². The number of benzene rings is 3. The van der Waals surface area contributed by atoms with E-state index in [9.17, 15) is 4.79 Å². The molecule has 162 valence electrons. The number of hydrogen-bond acceptors (Lipinski definition) is 4. The first-order valence-electron chi connectivity index (χ1n) is 10.7. The fraction of sp³-hybridized carbons (Fsp3) is 0.296. The van der Waals surface area contributed by atoms with Gasteiger partial charge in [-0.15, -0.1) is 0 Å². The molecule has 3 aromatic carbocycles. The molecule has 4 heteroatoms. The van der Waals surface area contributed by atoms with Crippen molar-refractivity contribution in [1.29, 1.82) is 0 Å². The maximum absolute atomic E-state index is 11.3. The van der Waals surface area contributed by atoms with Crippen LogP contribution in [0, 0.1) is 6.92 Å². The highest BCUT2D eigenvalue weighted by Gasteiger charge is 2.05. The Kier molecular flexibility index (Phi) is 8.25. The second kappa shape index (κ2) is 11.3. The maximum Gasteiger partial charge on any atom is 0.305 e. The molecule has 0 saturated heterocycles. The van der Waals surface area contributed by atoms with Crippen LogP contribution in [0.4, 0.5) is 0 Å². The Labute approximate surface area is 185 Å². The largest absolute Gasteiger partial charge is 0.489 e. The van der Waals surface area contributed by atoms with Gasteiger partial charge in [0.1, 0.15) is 12.4 Å². The summed E-state index contributed by atoms with van der Waals surface area (Å²) in [4.78, 5) is 11.3. The van der Waals surface area contributed by atoms with E-state index in [0.717, 1.165) is 29.8 Å². The van der Waals surface area contributed by atoms with Crippen molar-refractivity contribution < 1.29 is 14.3 Å². The minimum Gasteiger partial charge on any atom is -0.489 e. The van der Waals surface area contributed by atoms with Gasteiger partial charge in [-0.25, -0.2) is 0 Å². The summed E-state index contributed by atoms with van der Waals surface area (Å²) in [7, 11) is 3.40. The first-order valence-corrected chi connectivity index (χ1v) is 10.7. The fourth-order valence-electron chi connectivity index (χ4n) is 3.49. The molecule has 0 spiro atoms. The summed E-state index contributed by atoms with van der Waals surface area (Å²) in [6.07, 6.45) is 2.08. The van der Waals surface area contributed by atoms with Crippen LogP contribution in [0.2, 0.25) is 0 Å². The van der Waals surface area contributed by atoms with Gasteiger partial charge in [0.2, 0.25) is 0 Å². The average molecular weight is 418 g/mol. The van der Waals surface area contributed by atoms with Crippen LogP contribution in [0.1, 0.15) is 28.7 Å². The van der Waals surface area contributed by atoms with E-state index in [2.05, 4.69) is 59.4 Å². The van der Waals surface area contributed by atoms with E-state index in [-0.39, 0.29) is 5.97 Å². The normalized spacial score (nSPS) is 10.7. The van der Waals surface area contributed by atoms with Gasteiger partial charge in [0.05, 0.1) is 7.11 Å². The fourth-order valence-corrected chi connectivity index (χ4v) is 3.49. The minimum atomic E-state index is -0.192. The summed E-state index contributed by atoms with van der Waals surface area (Å²) < 4.78 is 10.7. The van der Waals surface area contributed by atoms with Gasteiger partial charge in [-0.05, 0) is 84.9 Å². The smallest absolute Gasteiger partial charge is 0.305 e. The molecule has 4 nitrogen and oxygen atoms in total. The van der Waals surface area contributed by atoms with Crippen LogP contribution in [0.5, 0.6) is 5.75 Å². The molecular formula is C27H31NO3. The Morgan fingerprint density at radius 2 is 1.68 bits per heavy atom. The van der Waals surface area contributed by atoms with E-state index in [1.807, 2.05) is 31.3 Å². The van der Waals surface area contributed by atoms with Crippen LogP contribution < -0.4 is 10.1 Å². The zero-order valence-electron chi connectivity index (χ0n) is 18.6. The van der Waals surface area contributed by atoms with E-state index in [4.69, 9.17) is 4.74 Å². The van der Waals surface area contributed by atoms with Crippen LogP contribution in [0.3, 0.4) is 0 Å². The summed E-state index contributed by atoms with van der Waals surface area (Å²) in [6, 6.07) is 23.1. The molecule has 0 aliphatic heterocycles. The summed E-state index contributed by atoms with van der Waals surface area (Å²) in [6.45, 7) is 3.65. The third-order valence-corrected chi connectivity index (χ3v) is 5.43. The van der Waals surface area contributed by atoms with Crippen molar-refractivity contribution in [3.05, 3.63) is 89.0 Å². The van der Waals surface area contributed by atoms with Crippen molar-refractivity contribution in [2.75, 3.05) is 20.7 Å². The number of carbonyl (C=O) groups excluding carboxylic acids is 1. The van der Waals surface area contributed by atoms with Crippen LogP contribution in [0.25, 0.3) is 11.1 Å². The van der Waals surface area contributed by atoms with E-state index in [1.54, 1.807) is 0 Å². The molecule has 0 aliphatic carbocycles. The van der Waals surface area contributed by atoms with E-state index < -0.39 is 0 Å². The van der Waals surface area contributed by atoms with E-state index in [0.29, 0.717) is 19.4 Å². The predicted octanol–water partition coefficient (Wildman–Crippen LogP) is 5.11. The topological polar surface area (TPSA) is 47.6 Å². The van der Waals surface area contributed by atoms with Gasteiger partial charge in [-0.1, -0.05) is 48.5 Å². The molecule has 0 bridgehead atoms. The molecule has 0 heterocycles. The van der Waals surface area contributed by atoms with Crippen molar-refractivity contribution in [1.82, 2.24) is 5.32 Å². The molecule has 1 N–H and O–H groups in total. The number of ether oxygens (including phenoxy) is 2. The van der Waals surface area contributed by atoms with Crippen molar-refractivity contribution in [3.8, 4) is 16.9 Å². The third kappa shape index (κ3) is 6.69. The number of aryl methyl sites for hydroxylation is 2. The summed E-state index contributed by atoms with van der Waals surface area (Å²) in [5, 5.41) is 3.22. The maximum atomic E-state index is 11.3. The highest BCUT2D eigenvalue weighted by Crippen LogP contribution is 2.24. The van der Waals surface area contributed by atoms with Gasteiger partial charge in [0.25, 0.3) is 0 Å². The molecule has 0 amide bonds. The zero-order chi connectivity index (χ0) is 22.1. The number of likely N-dealkylation sites (N-methyl/N-ethyl adjacent to an activating group) is 1. The number of hydrogen-bond donors (Lipinski definition) is 1. The van der Waals surface area contributed by atoms with Crippen LogP contribution >= 0.6 is 0 Å². The number of carbonyl (C=O) groups is 1. The molecule has 0 unspecified atom stereocenters. The Balaban J connectivity index is 1.63. The van der Waals surface area contributed by atoms with Crippen molar-refractivity contribution >= 4 is 5.97 Å². The Morgan fingerprint density at radius 3 is 2.42 bits per heavy atom. The standard InChI is InChI=1S/C27H31NO3/c1-20-7-11-25(18-23(20)15-16-28-2)24-6-4-5-22(17-24)19-31-26-12-8-21(9-13-26)10-14-27(29)30-3/h4-9,11-13,17-18,28H,10,14-16,19H2,1-3H3. The summed E-state index contributed by atoms with van der Waals surface area (Å²) in [5.41, 5.74) is 7.35. The lowest BCUT2D eigenvalue weighted by atomic mass is 9.97. The summed E-state index contributed by atoms with van der Waals surface area (Å²) in [5.74, 6) is 0.625. The summed E-state index contributed by atoms with van der Waals surface area (Å²) >= 11 is 0. The molecule has 0 aromatic heterocycles. The molecule has 31 heavy (non-hydrogen) atoms. The van der Waals surface area contributed by atoms with Gasteiger partial charge in [-0.3, -0.25) is 4.79 Å². The van der Waals surface area contributed by atoms with Crippen LogP contribution in [-0.4, -0.2) is 26.7 Å². The average Bonchev–Trinajstić information content (AvgIpc) is 2.81. The van der Waals surface area contributed by atoms with E-state index >= 15 is 0 Å². The molecule has 3 aromatic rings. The van der Waals surface area contributed by atoms with Gasteiger partial charge in [0, 0.05) is 6.42 Å². The lowest BCUT2D eigenvalue weighted by Crippen LogP contribution is -2.11. The Hall–Kier alpha value is -3.11. The van der Waals surface area contributed by atoms with Crippen LogP contribution in [-0.2, 0) is 29.0 Å². The van der Waals surface area contributed by atoms with E-state index in [1.165, 1.54) is 29.4 Å². The lowest BCUT2D eigenvalue weighted by molar-refractivity contribution is -0.140. The quantitative estimate of drug-likeness (QED) is 0.466. The molecule has 0 atom stereocenters. The lowest BCUT2D eigenvalue weighted by Gasteiger charge is -2.11. The number of methoxy groups -OCH3 is 1. The first kappa shape index (κ1) is 22.6. The van der Waals surface area contributed by atoms with Crippen molar-refractivity contribution in [3.63, 3.8) is 0 Å². The van der Waals surface area contributed by atoms with Crippen molar-refractivity contribution in [2.24, 2.45) is 0 Å². The third-order valence-electron chi connectivity index (χ3n) is 5.43. The van der Waals surface area contributed by atoms with Gasteiger partial charge < -0.3 is 14.8 Å². The zero-order valence-corrected chi connectivity index (χ0v) is 18.6. The Bertz CT molecular complexity index is 996. The van der Waals surface area contributed by atoms with Crippen molar-refractivity contribution in [2.45, 2.75) is 32.8 Å². The molecule has 3 rings (SSSR count). The molecule has 0 saturated carbocycles. The molecule has 0 radical (unpaired) electrons. The minimum absolute atomic E-state index is 0.192. The first-order chi connectivity index (χ1) is 15.1. The number of nitrogens with one attached hydrogen (secondary N) is 1. The molecular weight excluding hydrogens is 386 g/mol. The highest BCUT2D eigenvalue weighted by atomic mass is 16.5. The number of esters is 1. The Morgan fingerprint density at radius 1 is 0.903 bits per heavy atom. The monoisotopic (exact) mass is 417 g/mol. The molecule has 0 aliphatic rings.